The quantitative estimate of drug-likeness (QED) is 0.292. The molecular formula is C15H30F3IN4. The number of rotatable bonds is 6. The van der Waals surface area contributed by atoms with Gasteiger partial charge in [0.05, 0.1) is 6.54 Å². The van der Waals surface area contributed by atoms with Crippen molar-refractivity contribution in [3.05, 3.63) is 0 Å². The summed E-state index contributed by atoms with van der Waals surface area (Å²) in [7, 11) is 1.49. The minimum atomic E-state index is -4.13. The number of piperidine rings is 1. The summed E-state index contributed by atoms with van der Waals surface area (Å²) in [6.45, 7) is 7.19. The second-order valence-corrected chi connectivity index (χ2v) is 6.11. The summed E-state index contributed by atoms with van der Waals surface area (Å²) in [5, 5.41) is 3.28. The fourth-order valence-corrected chi connectivity index (χ4v) is 2.56. The number of guanidine groups is 1. The molecule has 1 heterocycles. The number of likely N-dealkylation sites (tertiary alicyclic amines) is 1. The van der Waals surface area contributed by atoms with Crippen LogP contribution in [0.25, 0.3) is 0 Å². The highest BCUT2D eigenvalue weighted by molar-refractivity contribution is 14.0. The van der Waals surface area contributed by atoms with Crippen LogP contribution in [0.4, 0.5) is 13.2 Å². The van der Waals surface area contributed by atoms with Gasteiger partial charge in [-0.1, -0.05) is 6.92 Å². The smallest absolute Gasteiger partial charge is 0.357 e. The van der Waals surface area contributed by atoms with Gasteiger partial charge in [0.25, 0.3) is 0 Å². The van der Waals surface area contributed by atoms with Gasteiger partial charge in [-0.25, -0.2) is 0 Å². The minimum absolute atomic E-state index is 0. The number of halogens is 4. The standard InChI is InChI=1S/C15H29F3N4.HI/c1-4-19-14(22-10-6-13(2)7-11-22)20-8-5-9-21(3)12-15(16,17)18;/h13H,4-12H2,1-3H3,(H,19,20);1H. The molecule has 0 unspecified atom stereocenters. The van der Waals surface area contributed by atoms with Gasteiger partial charge in [-0.3, -0.25) is 9.89 Å². The third-order valence-corrected chi connectivity index (χ3v) is 3.83. The van der Waals surface area contributed by atoms with Crippen LogP contribution in [0.1, 0.15) is 33.1 Å². The third-order valence-electron chi connectivity index (χ3n) is 3.83. The van der Waals surface area contributed by atoms with Gasteiger partial charge in [0, 0.05) is 26.2 Å². The number of nitrogens with zero attached hydrogens (tertiary/aromatic N) is 3. The average Bonchev–Trinajstić information content (AvgIpc) is 2.41. The van der Waals surface area contributed by atoms with E-state index in [9.17, 15) is 13.2 Å². The van der Waals surface area contributed by atoms with Crippen molar-refractivity contribution in [3.8, 4) is 0 Å². The van der Waals surface area contributed by atoms with E-state index >= 15 is 0 Å². The molecule has 0 aromatic rings. The van der Waals surface area contributed by atoms with E-state index < -0.39 is 12.7 Å². The van der Waals surface area contributed by atoms with Crippen molar-refractivity contribution in [2.24, 2.45) is 10.9 Å². The number of hydrogen-bond acceptors (Lipinski definition) is 2. The van der Waals surface area contributed by atoms with Crippen LogP contribution in [0.15, 0.2) is 4.99 Å². The summed E-state index contributed by atoms with van der Waals surface area (Å²) in [5.41, 5.74) is 0. The van der Waals surface area contributed by atoms with E-state index in [1.807, 2.05) is 6.92 Å². The monoisotopic (exact) mass is 450 g/mol. The maximum absolute atomic E-state index is 12.2. The fourth-order valence-electron chi connectivity index (χ4n) is 2.56. The zero-order valence-electron chi connectivity index (χ0n) is 14.3. The van der Waals surface area contributed by atoms with E-state index in [2.05, 4.69) is 22.1 Å². The van der Waals surface area contributed by atoms with E-state index in [-0.39, 0.29) is 24.0 Å². The highest BCUT2D eigenvalue weighted by Crippen LogP contribution is 2.16. The summed E-state index contributed by atoms with van der Waals surface area (Å²) in [5.74, 6) is 1.66. The molecule has 4 nitrogen and oxygen atoms in total. The molecule has 0 aliphatic carbocycles. The van der Waals surface area contributed by atoms with E-state index in [0.29, 0.717) is 19.5 Å². The fraction of sp³-hybridized carbons (Fsp3) is 0.933. The van der Waals surface area contributed by atoms with Crippen LogP contribution < -0.4 is 5.32 Å². The predicted octanol–water partition coefficient (Wildman–Crippen LogP) is 3.19. The molecule has 1 saturated heterocycles. The van der Waals surface area contributed by atoms with Gasteiger partial charge in [0.2, 0.25) is 0 Å². The molecule has 0 aromatic carbocycles. The Morgan fingerprint density at radius 2 is 1.91 bits per heavy atom. The highest BCUT2D eigenvalue weighted by atomic mass is 127. The van der Waals surface area contributed by atoms with Crippen LogP contribution >= 0.6 is 24.0 Å². The molecule has 0 atom stereocenters. The lowest BCUT2D eigenvalue weighted by atomic mass is 10.00. The lowest BCUT2D eigenvalue weighted by molar-refractivity contribution is -0.143. The largest absolute Gasteiger partial charge is 0.401 e. The Balaban J connectivity index is 0.00000484. The Morgan fingerprint density at radius 3 is 2.43 bits per heavy atom. The molecule has 0 amide bonds. The van der Waals surface area contributed by atoms with Crippen molar-refractivity contribution in [2.75, 3.05) is 46.3 Å². The van der Waals surface area contributed by atoms with E-state index in [1.165, 1.54) is 24.8 Å². The summed E-state index contributed by atoms with van der Waals surface area (Å²) in [6, 6.07) is 0. The summed E-state index contributed by atoms with van der Waals surface area (Å²) in [4.78, 5) is 8.10. The van der Waals surface area contributed by atoms with Crippen molar-refractivity contribution in [1.82, 2.24) is 15.1 Å². The van der Waals surface area contributed by atoms with Crippen molar-refractivity contribution in [3.63, 3.8) is 0 Å². The van der Waals surface area contributed by atoms with Crippen molar-refractivity contribution in [1.29, 1.82) is 0 Å². The minimum Gasteiger partial charge on any atom is -0.357 e. The molecule has 1 N–H and O–H groups in total. The highest BCUT2D eigenvalue weighted by Gasteiger charge is 2.28. The SMILES string of the molecule is CCNC(=NCCCN(C)CC(F)(F)F)N1CCC(C)CC1.I. The Kier molecular flexibility index (Phi) is 11.2. The molecule has 1 aliphatic heterocycles. The van der Waals surface area contributed by atoms with E-state index in [4.69, 9.17) is 0 Å². The van der Waals surface area contributed by atoms with Gasteiger partial charge in [0.15, 0.2) is 5.96 Å². The molecule has 0 aromatic heterocycles. The molecule has 23 heavy (non-hydrogen) atoms. The van der Waals surface area contributed by atoms with Crippen molar-refractivity contribution < 1.29 is 13.2 Å². The number of nitrogens with one attached hydrogen (secondary N) is 1. The molecule has 0 saturated carbocycles. The van der Waals surface area contributed by atoms with Crippen LogP contribution in [-0.4, -0.2) is 68.3 Å². The van der Waals surface area contributed by atoms with Gasteiger partial charge in [-0.2, -0.15) is 13.2 Å². The topological polar surface area (TPSA) is 30.9 Å². The van der Waals surface area contributed by atoms with Gasteiger partial charge in [0.1, 0.15) is 0 Å². The summed E-state index contributed by atoms with van der Waals surface area (Å²) >= 11 is 0. The summed E-state index contributed by atoms with van der Waals surface area (Å²) < 4.78 is 36.7. The van der Waals surface area contributed by atoms with Crippen molar-refractivity contribution in [2.45, 2.75) is 39.3 Å². The number of alkyl halides is 3. The van der Waals surface area contributed by atoms with Gasteiger partial charge < -0.3 is 10.2 Å². The molecular weight excluding hydrogens is 420 g/mol. The summed E-state index contributed by atoms with van der Waals surface area (Å²) in [6.07, 6.45) is -1.17. The third kappa shape index (κ3) is 10.3. The van der Waals surface area contributed by atoms with Crippen molar-refractivity contribution >= 4 is 29.9 Å². The molecule has 1 rings (SSSR count). The maximum atomic E-state index is 12.2. The first-order valence-electron chi connectivity index (χ1n) is 8.10. The van der Waals surface area contributed by atoms with Gasteiger partial charge in [-0.15, -0.1) is 24.0 Å². The first-order valence-corrected chi connectivity index (χ1v) is 8.10. The van der Waals surface area contributed by atoms with Crippen LogP contribution in [0.3, 0.4) is 0 Å². The van der Waals surface area contributed by atoms with Crippen LogP contribution in [0.5, 0.6) is 0 Å². The first kappa shape index (κ1) is 22.8. The molecule has 0 radical (unpaired) electrons. The Morgan fingerprint density at radius 1 is 1.30 bits per heavy atom. The molecule has 138 valence electrons. The lowest BCUT2D eigenvalue weighted by Gasteiger charge is -2.33. The Labute approximate surface area is 154 Å². The van der Waals surface area contributed by atoms with E-state index in [0.717, 1.165) is 31.5 Å². The lowest BCUT2D eigenvalue weighted by Crippen LogP contribution is -2.45. The van der Waals surface area contributed by atoms with Crippen LogP contribution in [0, 0.1) is 5.92 Å². The molecule has 8 heteroatoms. The average molecular weight is 450 g/mol. The zero-order valence-corrected chi connectivity index (χ0v) is 16.7. The van der Waals surface area contributed by atoms with Gasteiger partial charge in [-0.05, 0) is 45.7 Å². The Bertz CT molecular complexity index is 342. The molecule has 1 aliphatic rings. The molecule has 1 fully saturated rings. The second kappa shape index (κ2) is 11.3. The number of aliphatic imine (C=N–C) groups is 1. The molecule has 0 bridgehead atoms. The Hall–Kier alpha value is -0.250. The predicted molar refractivity (Wildman–Crippen MR) is 99.5 cm³/mol. The second-order valence-electron chi connectivity index (χ2n) is 6.11. The maximum Gasteiger partial charge on any atom is 0.401 e. The van der Waals surface area contributed by atoms with Gasteiger partial charge >= 0.3 is 6.18 Å². The van der Waals surface area contributed by atoms with Crippen LogP contribution in [-0.2, 0) is 0 Å². The zero-order chi connectivity index (χ0) is 16.6. The normalized spacial score (nSPS) is 17.3. The molecule has 0 spiro atoms. The number of hydrogen-bond donors (Lipinski definition) is 1. The van der Waals surface area contributed by atoms with E-state index in [1.54, 1.807) is 0 Å². The van der Waals surface area contributed by atoms with Crippen LogP contribution in [0.2, 0.25) is 0 Å². The first-order chi connectivity index (χ1) is 10.3.